The average molecular weight is 526 g/mol. The molecule has 3 aromatic rings. The SMILES string of the molecule is CCc1ccc(C2/C(=C(/O)c3ccc(OCC(C)C)c(C)c3)C(=O)C(=O)N2c2ccc(C(C)(C)C)cc2)cc1. The highest BCUT2D eigenvalue weighted by Crippen LogP contribution is 2.43. The van der Waals surface area contributed by atoms with Crippen LogP contribution in [0, 0.1) is 12.8 Å². The molecule has 1 N–H and O–H groups in total. The van der Waals surface area contributed by atoms with Crippen LogP contribution in [0.4, 0.5) is 5.69 Å². The van der Waals surface area contributed by atoms with E-state index >= 15 is 0 Å². The van der Waals surface area contributed by atoms with Crippen molar-refractivity contribution in [1.82, 2.24) is 0 Å². The van der Waals surface area contributed by atoms with Crippen molar-refractivity contribution in [2.45, 2.75) is 66.3 Å². The van der Waals surface area contributed by atoms with Crippen molar-refractivity contribution in [1.29, 1.82) is 0 Å². The van der Waals surface area contributed by atoms with Crippen LogP contribution in [0.2, 0.25) is 0 Å². The molecule has 0 aromatic heterocycles. The Bertz CT molecular complexity index is 1390. The van der Waals surface area contributed by atoms with Crippen LogP contribution in [0.3, 0.4) is 0 Å². The number of ether oxygens (including phenoxy) is 1. The van der Waals surface area contributed by atoms with E-state index in [1.54, 1.807) is 18.2 Å². The minimum absolute atomic E-state index is 0.0506. The molecule has 39 heavy (non-hydrogen) atoms. The van der Waals surface area contributed by atoms with Gasteiger partial charge in [0, 0.05) is 11.3 Å². The van der Waals surface area contributed by atoms with Gasteiger partial charge in [-0.25, -0.2) is 0 Å². The van der Waals surface area contributed by atoms with Crippen LogP contribution in [-0.2, 0) is 21.4 Å². The standard InChI is InChI=1S/C34H39NO4/c1-8-23-9-11-24(12-10-23)30-29(31(36)25-13-18-28(22(4)19-25)39-20-21(2)3)32(37)33(38)35(30)27-16-14-26(15-17-27)34(5,6)7/h9-19,21,30,36H,8,20H2,1-7H3/b31-29-. The minimum Gasteiger partial charge on any atom is -0.507 e. The van der Waals surface area contributed by atoms with E-state index in [1.165, 1.54) is 4.90 Å². The van der Waals surface area contributed by atoms with Crippen molar-refractivity contribution in [3.8, 4) is 5.75 Å². The maximum atomic E-state index is 13.5. The Hall–Kier alpha value is -3.86. The van der Waals surface area contributed by atoms with Crippen molar-refractivity contribution in [2.24, 2.45) is 5.92 Å². The number of Topliss-reactive ketones (excluding diaryl/α,β-unsaturated/α-hetero) is 1. The number of anilines is 1. The van der Waals surface area contributed by atoms with Crippen LogP contribution in [0.1, 0.15) is 75.4 Å². The summed E-state index contributed by atoms with van der Waals surface area (Å²) in [7, 11) is 0. The fourth-order valence-electron chi connectivity index (χ4n) is 4.84. The third-order valence-corrected chi connectivity index (χ3v) is 7.18. The van der Waals surface area contributed by atoms with Crippen molar-refractivity contribution in [3.63, 3.8) is 0 Å². The molecule has 1 aliphatic heterocycles. The molecule has 0 spiro atoms. The monoisotopic (exact) mass is 525 g/mol. The van der Waals surface area contributed by atoms with E-state index in [2.05, 4.69) is 41.5 Å². The molecule has 5 nitrogen and oxygen atoms in total. The summed E-state index contributed by atoms with van der Waals surface area (Å²) in [6.45, 7) is 15.1. The smallest absolute Gasteiger partial charge is 0.300 e. The van der Waals surface area contributed by atoms with Crippen molar-refractivity contribution in [2.75, 3.05) is 11.5 Å². The molecule has 1 amide bonds. The molecule has 3 aromatic carbocycles. The van der Waals surface area contributed by atoms with Gasteiger partial charge < -0.3 is 9.84 Å². The van der Waals surface area contributed by atoms with E-state index in [1.807, 2.05) is 55.5 Å². The Labute approximate surface area is 232 Å². The number of carbonyl (C=O) groups excluding carboxylic acids is 2. The van der Waals surface area contributed by atoms with E-state index in [4.69, 9.17) is 4.74 Å². The summed E-state index contributed by atoms with van der Waals surface area (Å²) in [5.41, 5.74) is 5.00. The second kappa shape index (κ2) is 11.1. The van der Waals surface area contributed by atoms with Gasteiger partial charge in [-0.15, -0.1) is 0 Å². The van der Waals surface area contributed by atoms with Gasteiger partial charge in [0.25, 0.3) is 11.7 Å². The molecule has 0 saturated carbocycles. The lowest BCUT2D eigenvalue weighted by atomic mass is 9.87. The molecule has 1 unspecified atom stereocenters. The highest BCUT2D eigenvalue weighted by Gasteiger charge is 2.47. The molecule has 1 heterocycles. The maximum Gasteiger partial charge on any atom is 0.300 e. The van der Waals surface area contributed by atoms with Crippen molar-refractivity contribution < 1.29 is 19.4 Å². The van der Waals surface area contributed by atoms with Crippen molar-refractivity contribution in [3.05, 3.63) is 100 Å². The van der Waals surface area contributed by atoms with Crippen molar-refractivity contribution >= 4 is 23.1 Å². The van der Waals surface area contributed by atoms with Crippen LogP contribution in [-0.4, -0.2) is 23.4 Å². The first-order chi connectivity index (χ1) is 18.4. The number of amides is 1. The lowest BCUT2D eigenvalue weighted by molar-refractivity contribution is -0.132. The number of nitrogens with zero attached hydrogens (tertiary/aromatic N) is 1. The van der Waals surface area contributed by atoms with Gasteiger partial charge in [0.1, 0.15) is 11.5 Å². The third kappa shape index (κ3) is 5.78. The molecule has 204 valence electrons. The molecule has 4 rings (SSSR count). The fourth-order valence-corrected chi connectivity index (χ4v) is 4.84. The molecule has 1 saturated heterocycles. The minimum atomic E-state index is -0.756. The Morgan fingerprint density at radius 1 is 0.974 bits per heavy atom. The van der Waals surface area contributed by atoms with Gasteiger partial charge >= 0.3 is 0 Å². The molecule has 0 bridgehead atoms. The molecule has 0 aliphatic carbocycles. The molecule has 5 heteroatoms. The Balaban J connectivity index is 1.84. The Morgan fingerprint density at radius 2 is 1.62 bits per heavy atom. The molecular weight excluding hydrogens is 486 g/mol. The number of rotatable bonds is 7. The summed E-state index contributed by atoms with van der Waals surface area (Å²) in [6.07, 6.45) is 0.874. The first-order valence-electron chi connectivity index (χ1n) is 13.7. The van der Waals surface area contributed by atoms with Gasteiger partial charge in [0.2, 0.25) is 0 Å². The van der Waals surface area contributed by atoms with E-state index < -0.39 is 17.7 Å². The number of hydrogen-bond acceptors (Lipinski definition) is 4. The topological polar surface area (TPSA) is 66.8 Å². The zero-order chi connectivity index (χ0) is 28.5. The zero-order valence-corrected chi connectivity index (χ0v) is 24.0. The number of aliphatic hydroxyl groups is 1. The fraction of sp³-hybridized carbons (Fsp3) is 0.353. The number of benzene rings is 3. The molecule has 0 radical (unpaired) electrons. The van der Waals surface area contributed by atoms with Crippen LogP contribution < -0.4 is 9.64 Å². The van der Waals surface area contributed by atoms with E-state index in [0.29, 0.717) is 23.8 Å². The quantitative estimate of drug-likeness (QED) is 0.197. The van der Waals surface area contributed by atoms with Gasteiger partial charge in [0.15, 0.2) is 0 Å². The lowest BCUT2D eigenvalue weighted by Gasteiger charge is -2.27. The summed E-state index contributed by atoms with van der Waals surface area (Å²) >= 11 is 0. The number of aryl methyl sites for hydroxylation is 2. The van der Waals surface area contributed by atoms with E-state index in [9.17, 15) is 14.7 Å². The second-order valence-electron chi connectivity index (χ2n) is 11.7. The Morgan fingerprint density at radius 3 is 2.15 bits per heavy atom. The normalized spacial score (nSPS) is 17.2. The lowest BCUT2D eigenvalue weighted by Crippen LogP contribution is -2.29. The summed E-state index contributed by atoms with van der Waals surface area (Å²) in [5.74, 6) is -0.436. The van der Waals surface area contributed by atoms with Crippen LogP contribution in [0.5, 0.6) is 5.75 Å². The maximum absolute atomic E-state index is 13.5. The molecule has 1 atom stereocenters. The number of ketones is 1. The summed E-state index contributed by atoms with van der Waals surface area (Å²) in [6, 6.07) is 20.2. The second-order valence-corrected chi connectivity index (χ2v) is 11.7. The number of carbonyl (C=O) groups is 2. The number of hydrogen-bond donors (Lipinski definition) is 1. The van der Waals surface area contributed by atoms with Crippen LogP contribution in [0.25, 0.3) is 5.76 Å². The van der Waals surface area contributed by atoms with E-state index in [-0.39, 0.29) is 16.7 Å². The molecule has 1 aliphatic rings. The van der Waals surface area contributed by atoms with Gasteiger partial charge in [-0.2, -0.15) is 0 Å². The van der Waals surface area contributed by atoms with E-state index in [0.717, 1.165) is 34.4 Å². The first-order valence-corrected chi connectivity index (χ1v) is 13.7. The van der Waals surface area contributed by atoms with Crippen LogP contribution in [0.15, 0.2) is 72.3 Å². The summed E-state index contributed by atoms with van der Waals surface area (Å²) in [4.78, 5) is 28.6. The number of aliphatic hydroxyl groups excluding tert-OH is 1. The summed E-state index contributed by atoms with van der Waals surface area (Å²) < 4.78 is 5.89. The highest BCUT2D eigenvalue weighted by atomic mass is 16.5. The largest absolute Gasteiger partial charge is 0.507 e. The molecular formula is C34H39NO4. The van der Waals surface area contributed by atoms with Crippen LogP contribution >= 0.6 is 0 Å². The van der Waals surface area contributed by atoms with Gasteiger partial charge in [0.05, 0.1) is 18.2 Å². The summed E-state index contributed by atoms with van der Waals surface area (Å²) in [5, 5.41) is 11.5. The predicted octanol–water partition coefficient (Wildman–Crippen LogP) is 7.52. The van der Waals surface area contributed by atoms with Gasteiger partial charge in [-0.05, 0) is 77.3 Å². The predicted molar refractivity (Wildman–Crippen MR) is 157 cm³/mol. The zero-order valence-electron chi connectivity index (χ0n) is 24.0. The molecule has 1 fully saturated rings. The average Bonchev–Trinajstić information content (AvgIpc) is 3.17. The Kier molecular flexibility index (Phi) is 8.01. The third-order valence-electron chi connectivity index (χ3n) is 7.18. The first kappa shape index (κ1) is 28.2. The van der Waals surface area contributed by atoms with Gasteiger partial charge in [-0.1, -0.05) is 77.9 Å². The highest BCUT2D eigenvalue weighted by molar-refractivity contribution is 6.51. The van der Waals surface area contributed by atoms with Gasteiger partial charge in [-0.3, -0.25) is 14.5 Å².